The summed E-state index contributed by atoms with van der Waals surface area (Å²) < 4.78 is 13.2. The molecule has 2 aromatic rings. The Hall–Kier alpha value is -3.46. The van der Waals surface area contributed by atoms with Gasteiger partial charge < -0.3 is 16.4 Å². The topological polar surface area (TPSA) is 117 Å². The summed E-state index contributed by atoms with van der Waals surface area (Å²) in [5.74, 6) is -1.95. The molecule has 0 radical (unpaired) electrons. The van der Waals surface area contributed by atoms with Crippen LogP contribution in [-0.2, 0) is 9.59 Å². The Morgan fingerprint density at radius 2 is 1.90 bits per heavy atom. The van der Waals surface area contributed by atoms with Crippen molar-refractivity contribution < 1.29 is 18.8 Å². The van der Waals surface area contributed by atoms with Gasteiger partial charge in [-0.3, -0.25) is 19.4 Å². The highest BCUT2D eigenvalue weighted by Crippen LogP contribution is 2.26. The molecule has 0 saturated heterocycles. The molecule has 10 heteroatoms. The average Bonchev–Trinajstić information content (AvgIpc) is 3.18. The Bertz CT molecular complexity index is 1040. The van der Waals surface area contributed by atoms with Crippen LogP contribution in [0.2, 0.25) is 5.02 Å². The van der Waals surface area contributed by atoms with Crippen LogP contribution in [0.5, 0.6) is 0 Å². The summed E-state index contributed by atoms with van der Waals surface area (Å²) in [6.45, 7) is 2.46. The predicted octanol–water partition coefficient (Wildman–Crippen LogP) is 2.68. The molecule has 1 heterocycles. The van der Waals surface area contributed by atoms with Crippen molar-refractivity contribution in [2.45, 2.75) is 25.8 Å². The number of primary amides is 1. The molecule has 0 bridgehead atoms. The minimum Gasteiger partial charge on any atom is -0.368 e. The summed E-state index contributed by atoms with van der Waals surface area (Å²) in [6, 6.07) is 8.97. The van der Waals surface area contributed by atoms with Gasteiger partial charge in [0.15, 0.2) is 0 Å². The van der Waals surface area contributed by atoms with E-state index in [0.717, 1.165) is 6.42 Å². The van der Waals surface area contributed by atoms with Crippen LogP contribution in [0, 0.1) is 5.82 Å². The molecule has 4 N–H and O–H groups in total. The Kier molecular flexibility index (Phi) is 6.86. The van der Waals surface area contributed by atoms with E-state index in [1.807, 2.05) is 6.92 Å². The second-order valence-corrected chi connectivity index (χ2v) is 7.30. The van der Waals surface area contributed by atoms with Crippen molar-refractivity contribution in [3.8, 4) is 0 Å². The van der Waals surface area contributed by atoms with Crippen LogP contribution in [0.1, 0.15) is 30.1 Å². The molecule has 1 aliphatic heterocycles. The summed E-state index contributed by atoms with van der Waals surface area (Å²) >= 11 is 6.18. The third-order valence-corrected chi connectivity index (χ3v) is 4.91. The van der Waals surface area contributed by atoms with Crippen LogP contribution in [0.15, 0.2) is 47.6 Å². The first-order valence-electron chi connectivity index (χ1n) is 9.60. The molecule has 8 nitrogen and oxygen atoms in total. The van der Waals surface area contributed by atoms with Gasteiger partial charge >= 0.3 is 0 Å². The largest absolute Gasteiger partial charge is 0.368 e. The Labute approximate surface area is 183 Å². The number of carbonyl (C=O) groups is 3. The van der Waals surface area contributed by atoms with E-state index >= 15 is 0 Å². The first-order valence-corrected chi connectivity index (χ1v) is 9.98. The van der Waals surface area contributed by atoms with Gasteiger partial charge in [0.05, 0.1) is 16.3 Å². The van der Waals surface area contributed by atoms with E-state index in [-0.39, 0.29) is 23.1 Å². The minimum absolute atomic E-state index is 0.0101. The number of nitrogens with zero attached hydrogens (tertiary/aromatic N) is 2. The van der Waals surface area contributed by atoms with Crippen molar-refractivity contribution in [2.75, 3.05) is 16.9 Å². The number of benzene rings is 2. The lowest BCUT2D eigenvalue weighted by Crippen LogP contribution is -2.39. The van der Waals surface area contributed by atoms with Crippen LogP contribution in [-0.4, -0.2) is 36.0 Å². The number of hydrazone groups is 1. The van der Waals surface area contributed by atoms with Crippen LogP contribution >= 0.6 is 11.6 Å². The van der Waals surface area contributed by atoms with Crippen molar-refractivity contribution in [1.82, 2.24) is 5.32 Å². The van der Waals surface area contributed by atoms with Crippen molar-refractivity contribution in [1.29, 1.82) is 0 Å². The molecule has 3 amide bonds. The van der Waals surface area contributed by atoms with Gasteiger partial charge in [0.25, 0.3) is 11.8 Å². The molecule has 0 fully saturated rings. The number of hydrogen-bond donors (Lipinski definition) is 3. The van der Waals surface area contributed by atoms with Crippen LogP contribution in [0.3, 0.4) is 0 Å². The second kappa shape index (κ2) is 9.57. The van der Waals surface area contributed by atoms with E-state index in [2.05, 4.69) is 15.7 Å². The molecule has 1 unspecified atom stereocenters. The van der Waals surface area contributed by atoms with Gasteiger partial charge in [0, 0.05) is 18.7 Å². The number of nitrogens with two attached hydrogens (primary N) is 1. The quantitative estimate of drug-likeness (QED) is 0.607. The number of anilines is 2. The Morgan fingerprint density at radius 1 is 1.19 bits per heavy atom. The fourth-order valence-corrected chi connectivity index (χ4v) is 3.28. The smallest absolute Gasteiger partial charge is 0.271 e. The fourth-order valence-electron chi connectivity index (χ4n) is 3.01. The first-order chi connectivity index (χ1) is 14.8. The highest BCUT2D eigenvalue weighted by molar-refractivity contribution is 6.44. The Balaban J connectivity index is 1.76. The molecule has 162 valence electrons. The van der Waals surface area contributed by atoms with Crippen molar-refractivity contribution in [2.24, 2.45) is 10.8 Å². The van der Waals surface area contributed by atoms with E-state index in [9.17, 15) is 18.8 Å². The molecule has 1 aliphatic rings. The van der Waals surface area contributed by atoms with E-state index in [1.54, 1.807) is 6.07 Å². The maximum Gasteiger partial charge on any atom is 0.271 e. The van der Waals surface area contributed by atoms with Gasteiger partial charge in [0.2, 0.25) is 5.91 Å². The minimum atomic E-state index is -0.876. The fraction of sp³-hybridized carbons (Fsp3) is 0.238. The molecule has 0 spiro atoms. The number of halogens is 2. The Morgan fingerprint density at radius 3 is 2.52 bits per heavy atom. The van der Waals surface area contributed by atoms with Gasteiger partial charge in [-0.15, -0.1) is 0 Å². The monoisotopic (exact) mass is 445 g/mol. The summed E-state index contributed by atoms with van der Waals surface area (Å²) in [5.41, 5.74) is 6.62. The molecular formula is C21H21ClFN5O3. The summed E-state index contributed by atoms with van der Waals surface area (Å²) in [7, 11) is 0. The third kappa shape index (κ3) is 5.18. The zero-order chi connectivity index (χ0) is 22.5. The normalized spacial score (nSPS) is 15.4. The number of carbonyl (C=O) groups excluding carboxylic acids is 3. The standard InChI is InChI=1S/C21H21ClFN5O3/c1-2-9-25-20(30)15-8-5-13(10-16(15)22)26-21(31)17-11-18(19(24)29)28(27-17)14-6-3-12(23)4-7-14/h3-8,10,18H,2,9,11H2,1H3,(H2,24,29)(H,25,30)(H,26,31). The molecule has 1 atom stereocenters. The van der Waals surface area contributed by atoms with Gasteiger partial charge in [-0.05, 0) is 48.9 Å². The summed E-state index contributed by atoms with van der Waals surface area (Å²) in [5, 5.41) is 11.1. The lowest BCUT2D eigenvalue weighted by atomic mass is 10.1. The molecule has 2 aromatic carbocycles. The van der Waals surface area contributed by atoms with E-state index in [0.29, 0.717) is 23.5 Å². The van der Waals surface area contributed by atoms with Crippen LogP contribution in [0.4, 0.5) is 15.8 Å². The predicted molar refractivity (Wildman–Crippen MR) is 117 cm³/mol. The molecule has 31 heavy (non-hydrogen) atoms. The van der Waals surface area contributed by atoms with E-state index in [4.69, 9.17) is 17.3 Å². The summed E-state index contributed by atoms with van der Waals surface area (Å²) in [4.78, 5) is 36.6. The maximum absolute atomic E-state index is 13.2. The highest BCUT2D eigenvalue weighted by Gasteiger charge is 2.35. The number of amides is 3. The molecule has 3 rings (SSSR count). The van der Waals surface area contributed by atoms with Gasteiger partial charge in [0.1, 0.15) is 17.6 Å². The van der Waals surface area contributed by atoms with Crippen molar-refractivity contribution >= 4 is 46.4 Å². The summed E-state index contributed by atoms with van der Waals surface area (Å²) in [6.07, 6.45) is 0.782. The lowest BCUT2D eigenvalue weighted by Gasteiger charge is -2.20. The molecule has 0 saturated carbocycles. The SMILES string of the molecule is CCCNC(=O)c1ccc(NC(=O)C2=NN(c3ccc(F)cc3)C(C(N)=O)C2)cc1Cl. The zero-order valence-electron chi connectivity index (χ0n) is 16.7. The number of rotatable bonds is 7. The van der Waals surface area contributed by atoms with E-state index < -0.39 is 23.7 Å². The molecular weight excluding hydrogens is 425 g/mol. The first kappa shape index (κ1) is 22.2. The molecule has 0 aromatic heterocycles. The maximum atomic E-state index is 13.2. The number of hydrogen-bond acceptors (Lipinski definition) is 5. The van der Waals surface area contributed by atoms with Crippen LogP contribution < -0.4 is 21.4 Å². The average molecular weight is 446 g/mol. The third-order valence-electron chi connectivity index (χ3n) is 4.60. The zero-order valence-corrected chi connectivity index (χ0v) is 17.4. The van der Waals surface area contributed by atoms with Gasteiger partial charge in [-0.25, -0.2) is 4.39 Å². The highest BCUT2D eigenvalue weighted by atomic mass is 35.5. The van der Waals surface area contributed by atoms with Gasteiger partial charge in [-0.1, -0.05) is 18.5 Å². The van der Waals surface area contributed by atoms with Gasteiger partial charge in [-0.2, -0.15) is 5.10 Å². The van der Waals surface area contributed by atoms with Crippen LogP contribution in [0.25, 0.3) is 0 Å². The molecule has 0 aliphatic carbocycles. The van der Waals surface area contributed by atoms with Crippen molar-refractivity contribution in [3.05, 3.63) is 58.9 Å². The van der Waals surface area contributed by atoms with E-state index in [1.165, 1.54) is 41.4 Å². The lowest BCUT2D eigenvalue weighted by molar-refractivity contribution is -0.119. The number of nitrogens with one attached hydrogen (secondary N) is 2. The van der Waals surface area contributed by atoms with Crippen molar-refractivity contribution in [3.63, 3.8) is 0 Å². The second-order valence-electron chi connectivity index (χ2n) is 6.89.